The third-order valence-electron chi connectivity index (χ3n) is 4.59. The van der Waals surface area contributed by atoms with Crippen LogP contribution >= 0.6 is 0 Å². The van der Waals surface area contributed by atoms with E-state index in [1.165, 1.54) is 4.90 Å². The molecule has 0 aliphatic carbocycles. The number of H-pyrrole nitrogens is 1. The van der Waals surface area contributed by atoms with Gasteiger partial charge in [-0.2, -0.15) is 18.3 Å². The highest BCUT2D eigenvalue weighted by Crippen LogP contribution is 2.22. The van der Waals surface area contributed by atoms with E-state index in [-0.39, 0.29) is 25.3 Å². The summed E-state index contributed by atoms with van der Waals surface area (Å²) in [5, 5.41) is 6.79. The average Bonchev–Trinajstić information content (AvgIpc) is 3.07. The predicted octanol–water partition coefficient (Wildman–Crippen LogP) is 2.54. The van der Waals surface area contributed by atoms with Crippen LogP contribution in [0.3, 0.4) is 0 Å². The summed E-state index contributed by atoms with van der Waals surface area (Å²) in [7, 11) is 0. The average molecular weight is 380 g/mol. The number of aromatic amines is 1. The molecule has 1 saturated heterocycles. The van der Waals surface area contributed by atoms with Crippen LogP contribution in [0, 0.1) is 13.8 Å². The van der Waals surface area contributed by atoms with Crippen molar-refractivity contribution in [2.24, 2.45) is 0 Å². The summed E-state index contributed by atoms with van der Waals surface area (Å²) in [5.41, 5.74) is 3.86. The lowest BCUT2D eigenvalue weighted by molar-refractivity contribution is -0.164. The number of alkyl halides is 3. The quantitative estimate of drug-likeness (QED) is 0.890. The van der Waals surface area contributed by atoms with Crippen LogP contribution in [0.25, 0.3) is 11.3 Å². The van der Waals surface area contributed by atoms with Gasteiger partial charge in [0.15, 0.2) is 0 Å². The Balaban J connectivity index is 1.69. The zero-order valence-electron chi connectivity index (χ0n) is 14.9. The summed E-state index contributed by atoms with van der Waals surface area (Å²) in [4.78, 5) is 26.4. The third kappa shape index (κ3) is 4.29. The SMILES string of the molecule is Cc1ccc(-c2cc(C(=O)N3CCN(CC(F)(F)F)C(=O)C3)[nH]n2)cc1C. The Morgan fingerprint density at radius 1 is 1.19 bits per heavy atom. The lowest BCUT2D eigenvalue weighted by Crippen LogP contribution is -2.54. The van der Waals surface area contributed by atoms with Crippen LogP contribution in [0.15, 0.2) is 24.3 Å². The number of carbonyl (C=O) groups is 2. The van der Waals surface area contributed by atoms with Gasteiger partial charge in [0.05, 0.1) is 5.69 Å². The number of rotatable bonds is 3. The van der Waals surface area contributed by atoms with Crippen LogP contribution in [-0.2, 0) is 4.79 Å². The lowest BCUT2D eigenvalue weighted by atomic mass is 10.0. The normalized spacial score (nSPS) is 15.4. The van der Waals surface area contributed by atoms with Crippen molar-refractivity contribution in [1.82, 2.24) is 20.0 Å². The number of nitrogens with one attached hydrogen (secondary N) is 1. The van der Waals surface area contributed by atoms with Crippen molar-refractivity contribution in [3.63, 3.8) is 0 Å². The molecular weight excluding hydrogens is 361 g/mol. The van der Waals surface area contributed by atoms with Gasteiger partial charge < -0.3 is 9.80 Å². The molecule has 0 atom stereocenters. The molecule has 0 unspecified atom stereocenters. The summed E-state index contributed by atoms with van der Waals surface area (Å²) < 4.78 is 37.4. The first-order chi connectivity index (χ1) is 12.6. The maximum atomic E-state index is 12.6. The van der Waals surface area contributed by atoms with Gasteiger partial charge in [-0.1, -0.05) is 12.1 Å². The number of benzene rings is 1. The number of hydrogen-bond donors (Lipinski definition) is 1. The molecule has 1 aliphatic rings. The van der Waals surface area contributed by atoms with Crippen LogP contribution in [0.2, 0.25) is 0 Å². The van der Waals surface area contributed by atoms with Gasteiger partial charge in [0.2, 0.25) is 5.91 Å². The maximum absolute atomic E-state index is 12.6. The van der Waals surface area contributed by atoms with Gasteiger partial charge in [-0.05, 0) is 37.1 Å². The Bertz CT molecular complexity index is 876. The molecule has 0 spiro atoms. The highest BCUT2D eigenvalue weighted by Gasteiger charge is 2.36. The molecule has 9 heteroatoms. The molecule has 0 radical (unpaired) electrons. The zero-order chi connectivity index (χ0) is 19.8. The Labute approximate surface area is 154 Å². The molecule has 6 nitrogen and oxygen atoms in total. The topological polar surface area (TPSA) is 69.3 Å². The van der Waals surface area contributed by atoms with E-state index < -0.39 is 24.5 Å². The second-order valence-corrected chi connectivity index (χ2v) is 6.62. The minimum atomic E-state index is -4.45. The summed E-state index contributed by atoms with van der Waals surface area (Å²) >= 11 is 0. The van der Waals surface area contributed by atoms with E-state index in [9.17, 15) is 22.8 Å². The number of piperazine rings is 1. The Hall–Kier alpha value is -2.84. The van der Waals surface area contributed by atoms with Gasteiger partial charge in [-0.3, -0.25) is 14.7 Å². The molecule has 2 amide bonds. The highest BCUT2D eigenvalue weighted by molar-refractivity contribution is 5.96. The standard InChI is InChI=1S/C18H19F3N4O2/c1-11-3-4-13(7-12(11)2)14-8-15(23-22-14)17(27)24-5-6-25(16(26)9-24)10-18(19,20)21/h3-4,7-8H,5-6,9-10H2,1-2H3,(H,22,23). The molecule has 27 heavy (non-hydrogen) atoms. The number of carbonyl (C=O) groups excluding carboxylic acids is 2. The predicted molar refractivity (Wildman–Crippen MR) is 92.0 cm³/mol. The Morgan fingerprint density at radius 2 is 1.93 bits per heavy atom. The highest BCUT2D eigenvalue weighted by atomic mass is 19.4. The Morgan fingerprint density at radius 3 is 2.56 bits per heavy atom. The van der Waals surface area contributed by atoms with E-state index in [0.29, 0.717) is 5.69 Å². The minimum Gasteiger partial charge on any atom is -0.330 e. The summed E-state index contributed by atoms with van der Waals surface area (Å²) in [6, 6.07) is 7.39. The van der Waals surface area contributed by atoms with Gasteiger partial charge in [0.1, 0.15) is 18.8 Å². The van der Waals surface area contributed by atoms with E-state index in [4.69, 9.17) is 0 Å². The smallest absolute Gasteiger partial charge is 0.330 e. The molecule has 1 fully saturated rings. The fourth-order valence-electron chi connectivity index (χ4n) is 2.92. The van der Waals surface area contributed by atoms with Crippen LogP contribution in [-0.4, -0.2) is 64.2 Å². The zero-order valence-corrected chi connectivity index (χ0v) is 14.9. The van der Waals surface area contributed by atoms with E-state index in [1.807, 2.05) is 32.0 Å². The second-order valence-electron chi connectivity index (χ2n) is 6.62. The van der Waals surface area contributed by atoms with Crippen molar-refractivity contribution in [1.29, 1.82) is 0 Å². The van der Waals surface area contributed by atoms with Gasteiger partial charge in [-0.25, -0.2) is 0 Å². The molecule has 1 aliphatic heterocycles. The molecule has 1 aromatic carbocycles. The van der Waals surface area contributed by atoms with Crippen molar-refractivity contribution in [3.8, 4) is 11.3 Å². The number of halogens is 3. The van der Waals surface area contributed by atoms with Crippen molar-refractivity contribution >= 4 is 11.8 Å². The van der Waals surface area contributed by atoms with E-state index in [0.717, 1.165) is 21.6 Å². The molecule has 0 bridgehead atoms. The van der Waals surface area contributed by atoms with E-state index in [2.05, 4.69) is 10.2 Å². The Kier molecular flexibility index (Phi) is 4.95. The first-order valence-electron chi connectivity index (χ1n) is 8.41. The summed E-state index contributed by atoms with van der Waals surface area (Å²) in [5.74, 6) is -1.18. The van der Waals surface area contributed by atoms with Gasteiger partial charge in [0.25, 0.3) is 5.91 Å². The molecule has 3 rings (SSSR count). The van der Waals surface area contributed by atoms with Crippen molar-refractivity contribution in [2.45, 2.75) is 20.0 Å². The summed E-state index contributed by atoms with van der Waals surface area (Å²) in [6.45, 7) is 2.18. The molecule has 1 N–H and O–H groups in total. The molecule has 144 valence electrons. The maximum Gasteiger partial charge on any atom is 0.406 e. The molecule has 2 heterocycles. The second kappa shape index (κ2) is 7.05. The summed E-state index contributed by atoms with van der Waals surface area (Å²) in [6.07, 6.45) is -4.45. The number of aromatic nitrogens is 2. The molecule has 2 aromatic rings. The number of hydrogen-bond acceptors (Lipinski definition) is 3. The molecule has 0 saturated carbocycles. The first-order valence-corrected chi connectivity index (χ1v) is 8.41. The van der Waals surface area contributed by atoms with Crippen LogP contribution in [0.4, 0.5) is 13.2 Å². The van der Waals surface area contributed by atoms with Crippen molar-refractivity contribution < 1.29 is 22.8 Å². The largest absolute Gasteiger partial charge is 0.406 e. The number of nitrogens with zero attached hydrogens (tertiary/aromatic N) is 3. The number of aryl methyl sites for hydroxylation is 2. The van der Waals surface area contributed by atoms with Crippen LogP contribution in [0.1, 0.15) is 21.6 Å². The van der Waals surface area contributed by atoms with Gasteiger partial charge in [0, 0.05) is 18.7 Å². The van der Waals surface area contributed by atoms with Crippen LogP contribution < -0.4 is 0 Å². The number of amides is 2. The van der Waals surface area contributed by atoms with Crippen molar-refractivity contribution in [3.05, 3.63) is 41.1 Å². The third-order valence-corrected chi connectivity index (χ3v) is 4.59. The van der Waals surface area contributed by atoms with Gasteiger partial charge >= 0.3 is 6.18 Å². The van der Waals surface area contributed by atoms with E-state index >= 15 is 0 Å². The molecular formula is C18H19F3N4O2. The first kappa shape index (κ1) is 18.9. The lowest BCUT2D eigenvalue weighted by Gasteiger charge is -2.34. The fraction of sp³-hybridized carbons (Fsp3) is 0.389. The van der Waals surface area contributed by atoms with Crippen molar-refractivity contribution in [2.75, 3.05) is 26.2 Å². The minimum absolute atomic E-state index is 0.0403. The molecule has 1 aromatic heterocycles. The van der Waals surface area contributed by atoms with E-state index in [1.54, 1.807) is 6.07 Å². The van der Waals surface area contributed by atoms with Gasteiger partial charge in [-0.15, -0.1) is 0 Å². The van der Waals surface area contributed by atoms with Crippen LogP contribution in [0.5, 0.6) is 0 Å². The fourth-order valence-corrected chi connectivity index (χ4v) is 2.92. The monoisotopic (exact) mass is 380 g/mol.